The second-order valence-electron chi connectivity index (χ2n) is 5.27. The Morgan fingerprint density at radius 2 is 1.64 bits per heavy atom. The quantitative estimate of drug-likeness (QED) is 0.935. The summed E-state index contributed by atoms with van der Waals surface area (Å²) in [5.41, 5.74) is 1.26. The average Bonchev–Trinajstić information content (AvgIpc) is 2.56. The first-order valence-corrected chi connectivity index (χ1v) is 7.38. The number of hydrogen-bond acceptors (Lipinski definition) is 5. The van der Waals surface area contributed by atoms with Crippen molar-refractivity contribution < 1.29 is 4.79 Å². The SMILES string of the molecule is CC(=O)Nc1ccc(N2CCN(c3ccccc3)CC2)nn1. The number of carbonyl (C=O) groups excluding carboxylic acids is 1. The number of amides is 1. The van der Waals surface area contributed by atoms with Crippen molar-refractivity contribution in [1.82, 2.24) is 10.2 Å². The summed E-state index contributed by atoms with van der Waals surface area (Å²) in [6, 6.07) is 14.1. The first kappa shape index (κ1) is 14.3. The topological polar surface area (TPSA) is 61.4 Å². The number of anilines is 3. The number of aromatic nitrogens is 2. The molecule has 1 aromatic heterocycles. The first-order chi connectivity index (χ1) is 10.7. The maximum absolute atomic E-state index is 11.0. The highest BCUT2D eigenvalue weighted by atomic mass is 16.1. The lowest BCUT2D eigenvalue weighted by Crippen LogP contribution is -2.46. The van der Waals surface area contributed by atoms with Crippen LogP contribution < -0.4 is 15.1 Å². The third-order valence-corrected chi connectivity index (χ3v) is 3.68. The highest BCUT2D eigenvalue weighted by molar-refractivity contribution is 5.87. The Morgan fingerprint density at radius 3 is 2.23 bits per heavy atom. The van der Waals surface area contributed by atoms with Gasteiger partial charge >= 0.3 is 0 Å². The minimum atomic E-state index is -0.140. The normalized spacial score (nSPS) is 14.8. The monoisotopic (exact) mass is 297 g/mol. The van der Waals surface area contributed by atoms with Gasteiger partial charge in [0, 0.05) is 38.8 Å². The molecule has 6 heteroatoms. The summed E-state index contributed by atoms with van der Waals surface area (Å²) in [5, 5.41) is 10.9. The molecule has 0 spiro atoms. The van der Waals surface area contributed by atoms with Gasteiger partial charge in [-0.2, -0.15) is 0 Å². The van der Waals surface area contributed by atoms with Crippen LogP contribution in [-0.4, -0.2) is 42.3 Å². The molecule has 0 atom stereocenters. The minimum absolute atomic E-state index is 0.140. The predicted molar refractivity (Wildman–Crippen MR) is 87.2 cm³/mol. The number of rotatable bonds is 3. The van der Waals surface area contributed by atoms with Gasteiger partial charge in [0.2, 0.25) is 5.91 Å². The summed E-state index contributed by atoms with van der Waals surface area (Å²) >= 11 is 0. The highest BCUT2D eigenvalue weighted by Crippen LogP contribution is 2.19. The molecule has 0 radical (unpaired) electrons. The van der Waals surface area contributed by atoms with Crippen LogP contribution in [0.4, 0.5) is 17.3 Å². The molecular weight excluding hydrogens is 278 g/mol. The number of nitrogens with one attached hydrogen (secondary N) is 1. The zero-order chi connectivity index (χ0) is 15.4. The van der Waals surface area contributed by atoms with Gasteiger partial charge in [-0.25, -0.2) is 0 Å². The van der Waals surface area contributed by atoms with Gasteiger partial charge in [0.1, 0.15) is 0 Å². The standard InChI is InChI=1S/C16H19N5O/c1-13(22)17-15-7-8-16(19-18-15)21-11-9-20(10-12-21)14-5-3-2-4-6-14/h2-8H,9-12H2,1H3,(H,17,18,22). The molecule has 0 unspecified atom stereocenters. The van der Waals surface area contributed by atoms with Crippen LogP contribution in [0.1, 0.15) is 6.92 Å². The lowest BCUT2D eigenvalue weighted by molar-refractivity contribution is -0.114. The van der Waals surface area contributed by atoms with E-state index in [0.717, 1.165) is 32.0 Å². The molecule has 1 N–H and O–H groups in total. The largest absolute Gasteiger partial charge is 0.368 e. The predicted octanol–water partition coefficient (Wildman–Crippen LogP) is 1.76. The van der Waals surface area contributed by atoms with Crippen molar-refractivity contribution in [3.8, 4) is 0 Å². The Kier molecular flexibility index (Phi) is 4.18. The summed E-state index contributed by atoms with van der Waals surface area (Å²) < 4.78 is 0. The van der Waals surface area contributed by atoms with Gasteiger partial charge < -0.3 is 15.1 Å². The van der Waals surface area contributed by atoms with E-state index >= 15 is 0 Å². The fourth-order valence-electron chi connectivity index (χ4n) is 2.57. The molecule has 1 aliphatic rings. The van der Waals surface area contributed by atoms with Crippen LogP contribution in [0.2, 0.25) is 0 Å². The Hall–Kier alpha value is -2.63. The van der Waals surface area contributed by atoms with Crippen molar-refractivity contribution in [2.75, 3.05) is 41.3 Å². The van der Waals surface area contributed by atoms with Gasteiger partial charge in [0.25, 0.3) is 0 Å². The van der Waals surface area contributed by atoms with E-state index in [4.69, 9.17) is 0 Å². The second kappa shape index (κ2) is 6.43. The lowest BCUT2D eigenvalue weighted by atomic mass is 10.2. The lowest BCUT2D eigenvalue weighted by Gasteiger charge is -2.36. The number of piperazine rings is 1. The van der Waals surface area contributed by atoms with Crippen molar-refractivity contribution in [2.24, 2.45) is 0 Å². The summed E-state index contributed by atoms with van der Waals surface area (Å²) in [7, 11) is 0. The van der Waals surface area contributed by atoms with Crippen molar-refractivity contribution in [3.63, 3.8) is 0 Å². The molecule has 6 nitrogen and oxygen atoms in total. The third-order valence-electron chi connectivity index (χ3n) is 3.68. The molecule has 0 saturated carbocycles. The van der Waals surface area contributed by atoms with Gasteiger partial charge in [-0.3, -0.25) is 4.79 Å². The van der Waals surface area contributed by atoms with Crippen LogP contribution in [-0.2, 0) is 4.79 Å². The van der Waals surface area contributed by atoms with E-state index in [9.17, 15) is 4.79 Å². The maximum Gasteiger partial charge on any atom is 0.222 e. The van der Waals surface area contributed by atoms with E-state index in [1.807, 2.05) is 12.1 Å². The van der Waals surface area contributed by atoms with E-state index in [1.54, 1.807) is 6.07 Å². The third kappa shape index (κ3) is 3.33. The van der Waals surface area contributed by atoms with E-state index in [-0.39, 0.29) is 5.91 Å². The smallest absolute Gasteiger partial charge is 0.222 e. The Morgan fingerprint density at radius 1 is 0.955 bits per heavy atom. The van der Waals surface area contributed by atoms with Crippen molar-refractivity contribution in [1.29, 1.82) is 0 Å². The fraction of sp³-hybridized carbons (Fsp3) is 0.312. The van der Waals surface area contributed by atoms with Gasteiger partial charge in [0.15, 0.2) is 11.6 Å². The number of benzene rings is 1. The van der Waals surface area contributed by atoms with Gasteiger partial charge in [-0.05, 0) is 24.3 Å². The van der Waals surface area contributed by atoms with Crippen molar-refractivity contribution >= 4 is 23.2 Å². The van der Waals surface area contributed by atoms with E-state index < -0.39 is 0 Å². The van der Waals surface area contributed by atoms with Crippen LogP contribution in [0.3, 0.4) is 0 Å². The van der Waals surface area contributed by atoms with E-state index in [0.29, 0.717) is 5.82 Å². The van der Waals surface area contributed by atoms with Crippen LogP contribution in [0.5, 0.6) is 0 Å². The molecule has 2 heterocycles. The van der Waals surface area contributed by atoms with Gasteiger partial charge in [0.05, 0.1) is 0 Å². The Bertz CT molecular complexity index is 621. The summed E-state index contributed by atoms with van der Waals surface area (Å²) in [6.45, 7) is 5.18. The second-order valence-corrected chi connectivity index (χ2v) is 5.27. The molecule has 1 saturated heterocycles. The molecule has 1 amide bonds. The molecule has 3 rings (SSSR count). The molecule has 114 valence electrons. The van der Waals surface area contributed by atoms with Crippen molar-refractivity contribution in [2.45, 2.75) is 6.92 Å². The van der Waals surface area contributed by atoms with Gasteiger partial charge in [-0.15, -0.1) is 10.2 Å². The number of nitrogens with zero attached hydrogens (tertiary/aromatic N) is 4. The zero-order valence-electron chi connectivity index (χ0n) is 12.6. The number of hydrogen-bond donors (Lipinski definition) is 1. The average molecular weight is 297 g/mol. The fourth-order valence-corrected chi connectivity index (χ4v) is 2.57. The highest BCUT2D eigenvalue weighted by Gasteiger charge is 2.18. The Labute approximate surface area is 129 Å². The molecule has 0 aliphatic carbocycles. The van der Waals surface area contributed by atoms with Crippen LogP contribution in [0.25, 0.3) is 0 Å². The molecular formula is C16H19N5O. The summed E-state index contributed by atoms with van der Waals surface area (Å²) in [6.07, 6.45) is 0. The molecule has 1 aliphatic heterocycles. The zero-order valence-corrected chi connectivity index (χ0v) is 12.6. The first-order valence-electron chi connectivity index (χ1n) is 7.38. The van der Waals surface area contributed by atoms with E-state index in [2.05, 4.69) is 49.6 Å². The van der Waals surface area contributed by atoms with Crippen LogP contribution in [0, 0.1) is 0 Å². The van der Waals surface area contributed by atoms with Crippen molar-refractivity contribution in [3.05, 3.63) is 42.5 Å². The number of carbonyl (C=O) groups is 1. The number of para-hydroxylation sites is 1. The summed E-state index contributed by atoms with van der Waals surface area (Å²) in [4.78, 5) is 15.6. The molecule has 0 bridgehead atoms. The minimum Gasteiger partial charge on any atom is -0.368 e. The van der Waals surface area contributed by atoms with Gasteiger partial charge in [-0.1, -0.05) is 18.2 Å². The van der Waals surface area contributed by atoms with E-state index in [1.165, 1.54) is 12.6 Å². The Balaban J connectivity index is 1.60. The summed E-state index contributed by atoms with van der Waals surface area (Å²) in [5.74, 6) is 1.19. The van der Waals surface area contributed by atoms with Crippen LogP contribution in [0.15, 0.2) is 42.5 Å². The maximum atomic E-state index is 11.0. The van der Waals surface area contributed by atoms with Crippen LogP contribution >= 0.6 is 0 Å². The molecule has 1 aromatic carbocycles. The molecule has 2 aromatic rings. The molecule has 22 heavy (non-hydrogen) atoms. The molecule has 1 fully saturated rings.